The Balaban J connectivity index is 2.08. The van der Waals surface area contributed by atoms with Crippen LogP contribution in [-0.4, -0.2) is 36.5 Å². The highest BCUT2D eigenvalue weighted by molar-refractivity contribution is 4.75. The van der Waals surface area contributed by atoms with Gasteiger partial charge in [0.2, 0.25) is 0 Å². The highest BCUT2D eigenvalue weighted by Gasteiger charge is 2.10. The molecule has 7 heteroatoms. The van der Waals surface area contributed by atoms with E-state index in [1.165, 1.54) is 0 Å². The number of hydrogen-bond donors (Lipinski definition) is 1. The van der Waals surface area contributed by atoms with E-state index < -0.39 is 0 Å². The normalized spacial score (nSPS) is 12.9. The lowest BCUT2D eigenvalue weighted by molar-refractivity contribution is 0.373. The van der Waals surface area contributed by atoms with E-state index >= 15 is 0 Å². The third-order valence-corrected chi connectivity index (χ3v) is 1.96. The van der Waals surface area contributed by atoms with Gasteiger partial charge >= 0.3 is 0 Å². The molecule has 0 saturated carbocycles. The monoisotopic (exact) mass is 193 g/mol. The summed E-state index contributed by atoms with van der Waals surface area (Å²) in [5.74, 6) is 0. The van der Waals surface area contributed by atoms with Crippen LogP contribution in [0, 0.1) is 0 Å². The summed E-state index contributed by atoms with van der Waals surface area (Å²) in [6, 6.07) is 0.0687. The van der Waals surface area contributed by atoms with Crippen molar-refractivity contribution < 1.29 is 0 Å². The Hall–Kier alpha value is -1.76. The van der Waals surface area contributed by atoms with Gasteiger partial charge in [-0.05, 0) is 0 Å². The minimum atomic E-state index is 0.0687. The first kappa shape index (κ1) is 8.82. The summed E-state index contributed by atoms with van der Waals surface area (Å²) in [5.41, 5.74) is 5.63. The summed E-state index contributed by atoms with van der Waals surface area (Å²) in [5, 5.41) is 15.2. The van der Waals surface area contributed by atoms with Gasteiger partial charge in [-0.25, -0.2) is 4.68 Å². The van der Waals surface area contributed by atoms with Crippen LogP contribution in [0.4, 0.5) is 0 Å². The van der Waals surface area contributed by atoms with Gasteiger partial charge in [0.05, 0.1) is 25.0 Å². The van der Waals surface area contributed by atoms with Crippen molar-refractivity contribution in [1.82, 2.24) is 30.0 Å². The molecular formula is C7H11N7. The molecule has 1 unspecified atom stereocenters. The zero-order valence-electron chi connectivity index (χ0n) is 7.56. The quantitative estimate of drug-likeness (QED) is 0.677. The topological polar surface area (TPSA) is 87.4 Å². The van der Waals surface area contributed by atoms with Crippen molar-refractivity contribution in [3.05, 3.63) is 24.8 Å². The fourth-order valence-corrected chi connectivity index (χ4v) is 1.22. The number of hydrogen-bond acceptors (Lipinski definition) is 5. The minimum Gasteiger partial charge on any atom is -0.328 e. The lowest BCUT2D eigenvalue weighted by Gasteiger charge is -2.13. The predicted octanol–water partition coefficient (Wildman–Crippen LogP) is -0.930. The van der Waals surface area contributed by atoms with Gasteiger partial charge in [-0.1, -0.05) is 10.4 Å². The molecule has 0 spiro atoms. The Labute approximate surface area is 80.5 Å². The van der Waals surface area contributed by atoms with E-state index in [0.29, 0.717) is 13.1 Å². The Bertz CT molecular complexity index is 351. The first-order valence-corrected chi connectivity index (χ1v) is 4.30. The molecule has 0 aliphatic carbocycles. The van der Waals surface area contributed by atoms with Crippen LogP contribution in [-0.2, 0) is 6.54 Å². The van der Waals surface area contributed by atoms with Crippen molar-refractivity contribution in [2.24, 2.45) is 5.73 Å². The van der Waals surface area contributed by atoms with E-state index in [1.54, 1.807) is 34.2 Å². The smallest absolute Gasteiger partial charge is 0.0855 e. The molecule has 0 amide bonds. The van der Waals surface area contributed by atoms with Gasteiger partial charge in [-0.3, -0.25) is 4.68 Å². The lowest BCUT2D eigenvalue weighted by atomic mass is 10.3. The van der Waals surface area contributed by atoms with Gasteiger partial charge in [0.15, 0.2) is 0 Å². The Morgan fingerprint density at radius 2 is 1.93 bits per heavy atom. The van der Waals surface area contributed by atoms with E-state index in [-0.39, 0.29) is 6.04 Å². The Morgan fingerprint density at radius 3 is 2.50 bits per heavy atom. The molecule has 14 heavy (non-hydrogen) atoms. The molecule has 2 rings (SSSR count). The Kier molecular flexibility index (Phi) is 2.50. The maximum Gasteiger partial charge on any atom is 0.0855 e. The van der Waals surface area contributed by atoms with Crippen molar-refractivity contribution >= 4 is 0 Å². The molecule has 0 aliphatic rings. The van der Waals surface area contributed by atoms with Crippen molar-refractivity contribution in [3.8, 4) is 0 Å². The molecule has 0 bridgehead atoms. The molecule has 7 nitrogen and oxygen atoms in total. The second-order valence-electron chi connectivity index (χ2n) is 2.90. The van der Waals surface area contributed by atoms with E-state index in [0.717, 1.165) is 0 Å². The van der Waals surface area contributed by atoms with Crippen molar-refractivity contribution in [2.45, 2.75) is 12.6 Å². The van der Waals surface area contributed by atoms with E-state index in [9.17, 15) is 0 Å². The van der Waals surface area contributed by atoms with Gasteiger partial charge in [-0.2, -0.15) is 0 Å². The fourth-order valence-electron chi connectivity index (χ4n) is 1.22. The van der Waals surface area contributed by atoms with Crippen molar-refractivity contribution in [1.29, 1.82) is 0 Å². The predicted molar refractivity (Wildman–Crippen MR) is 48.1 cm³/mol. The van der Waals surface area contributed by atoms with Crippen molar-refractivity contribution in [2.75, 3.05) is 6.54 Å². The van der Waals surface area contributed by atoms with E-state index in [1.807, 2.05) is 0 Å². The van der Waals surface area contributed by atoms with Crippen LogP contribution in [0.2, 0.25) is 0 Å². The van der Waals surface area contributed by atoms with Crippen LogP contribution >= 0.6 is 0 Å². The molecule has 2 N–H and O–H groups in total. The molecule has 74 valence electrons. The van der Waals surface area contributed by atoms with Crippen LogP contribution in [0.15, 0.2) is 24.8 Å². The third-order valence-electron chi connectivity index (χ3n) is 1.96. The molecule has 2 aromatic heterocycles. The third kappa shape index (κ3) is 1.77. The molecule has 0 aromatic carbocycles. The summed E-state index contributed by atoms with van der Waals surface area (Å²) in [6.45, 7) is 1.14. The number of nitrogens with two attached hydrogens (primary N) is 1. The molecule has 0 saturated heterocycles. The van der Waals surface area contributed by atoms with E-state index in [2.05, 4.69) is 20.6 Å². The summed E-state index contributed by atoms with van der Waals surface area (Å²) in [4.78, 5) is 0. The maximum absolute atomic E-state index is 5.63. The average molecular weight is 193 g/mol. The van der Waals surface area contributed by atoms with Crippen LogP contribution in [0.1, 0.15) is 6.04 Å². The van der Waals surface area contributed by atoms with Crippen LogP contribution in [0.3, 0.4) is 0 Å². The van der Waals surface area contributed by atoms with Gasteiger partial charge in [0.1, 0.15) is 0 Å². The van der Waals surface area contributed by atoms with Crippen LogP contribution in [0.25, 0.3) is 0 Å². The standard InChI is InChI=1S/C7H11N7/c8-5-7(14-4-2-10-12-14)6-13-3-1-9-11-13/h1-4,7H,5-6,8H2. The Morgan fingerprint density at radius 1 is 1.14 bits per heavy atom. The van der Waals surface area contributed by atoms with Crippen LogP contribution < -0.4 is 5.73 Å². The van der Waals surface area contributed by atoms with Gasteiger partial charge in [0.25, 0.3) is 0 Å². The molecule has 0 radical (unpaired) electrons. The minimum absolute atomic E-state index is 0.0687. The highest BCUT2D eigenvalue weighted by Crippen LogP contribution is 2.03. The molecular weight excluding hydrogens is 182 g/mol. The van der Waals surface area contributed by atoms with Crippen LogP contribution in [0.5, 0.6) is 0 Å². The summed E-state index contributed by atoms with van der Waals surface area (Å²) in [6.07, 6.45) is 6.84. The summed E-state index contributed by atoms with van der Waals surface area (Å²) >= 11 is 0. The highest BCUT2D eigenvalue weighted by atomic mass is 15.5. The van der Waals surface area contributed by atoms with Crippen molar-refractivity contribution in [3.63, 3.8) is 0 Å². The van der Waals surface area contributed by atoms with Gasteiger partial charge < -0.3 is 5.73 Å². The number of nitrogens with zero attached hydrogens (tertiary/aromatic N) is 6. The maximum atomic E-state index is 5.63. The first-order valence-electron chi connectivity index (χ1n) is 4.30. The first-order chi connectivity index (χ1) is 6.90. The average Bonchev–Trinajstić information content (AvgIpc) is 2.86. The molecule has 2 heterocycles. The summed E-state index contributed by atoms with van der Waals surface area (Å²) < 4.78 is 3.45. The molecule has 2 aromatic rings. The summed E-state index contributed by atoms with van der Waals surface area (Å²) in [7, 11) is 0. The zero-order chi connectivity index (χ0) is 9.80. The molecule has 0 aliphatic heterocycles. The van der Waals surface area contributed by atoms with Gasteiger partial charge in [-0.15, -0.1) is 10.2 Å². The second kappa shape index (κ2) is 3.97. The van der Waals surface area contributed by atoms with Gasteiger partial charge in [0, 0.05) is 18.9 Å². The van der Waals surface area contributed by atoms with E-state index in [4.69, 9.17) is 5.73 Å². The second-order valence-corrected chi connectivity index (χ2v) is 2.90. The number of aromatic nitrogens is 6. The lowest BCUT2D eigenvalue weighted by Crippen LogP contribution is -2.25. The largest absolute Gasteiger partial charge is 0.328 e. The molecule has 0 fully saturated rings. The fraction of sp³-hybridized carbons (Fsp3) is 0.429. The SMILES string of the molecule is NCC(Cn1ccnn1)n1ccnn1. The molecule has 1 atom stereocenters. The number of rotatable bonds is 4. The zero-order valence-corrected chi connectivity index (χ0v) is 7.56.